The van der Waals surface area contributed by atoms with Crippen LogP contribution >= 0.6 is 11.8 Å². The molecule has 0 unspecified atom stereocenters. The first-order valence-electron chi connectivity index (χ1n) is 9.02. The highest BCUT2D eigenvalue weighted by atomic mass is 32.2. The predicted molar refractivity (Wildman–Crippen MR) is 110 cm³/mol. The van der Waals surface area contributed by atoms with E-state index in [1.165, 1.54) is 0 Å². The molecule has 0 spiro atoms. The van der Waals surface area contributed by atoms with Crippen LogP contribution in [0.4, 0.5) is 0 Å². The minimum absolute atomic E-state index is 0.141. The van der Waals surface area contributed by atoms with Crippen molar-refractivity contribution < 1.29 is 10.2 Å². The van der Waals surface area contributed by atoms with Crippen LogP contribution in [0.15, 0.2) is 73.0 Å². The molecule has 0 aliphatic carbocycles. The van der Waals surface area contributed by atoms with Gasteiger partial charge < -0.3 is 10.2 Å². The Morgan fingerprint density at radius 1 is 1.12 bits per heavy atom. The van der Waals surface area contributed by atoms with E-state index in [2.05, 4.69) is 26.2 Å². The Bertz CT molecular complexity index is 780. The van der Waals surface area contributed by atoms with E-state index < -0.39 is 11.7 Å². The Kier molecular flexibility index (Phi) is 5.74. The van der Waals surface area contributed by atoms with E-state index in [4.69, 9.17) is 0 Å². The van der Waals surface area contributed by atoms with Crippen LogP contribution in [0.3, 0.4) is 0 Å². The van der Waals surface area contributed by atoms with Crippen molar-refractivity contribution in [1.29, 1.82) is 0 Å². The molecule has 2 aromatic rings. The third-order valence-corrected chi connectivity index (χ3v) is 7.07. The number of aliphatic hydroxyl groups is 2. The van der Waals surface area contributed by atoms with E-state index >= 15 is 0 Å². The monoisotopic (exact) mass is 366 g/mol. The topological polar surface area (TPSA) is 40.5 Å². The summed E-state index contributed by atoms with van der Waals surface area (Å²) in [5.41, 5.74) is 4.26. The second-order valence-electron chi connectivity index (χ2n) is 7.24. The molecule has 2 aromatic carbocycles. The van der Waals surface area contributed by atoms with Gasteiger partial charge >= 0.3 is 0 Å². The summed E-state index contributed by atoms with van der Waals surface area (Å²) >= 11 is 1.74. The summed E-state index contributed by atoms with van der Waals surface area (Å²) in [6.07, 6.45) is -0.845. The molecule has 0 amide bonds. The van der Waals surface area contributed by atoms with Gasteiger partial charge in [0, 0.05) is 22.5 Å². The molecular formula is C23H26O2S. The number of aliphatic hydroxyl groups excluding tert-OH is 1. The fourth-order valence-corrected chi connectivity index (χ4v) is 5.69. The van der Waals surface area contributed by atoms with E-state index in [0.29, 0.717) is 17.2 Å². The standard InChI is InChI=1S/C23H26O2S/c1-4-19(17-11-7-5-8-12-17)21(24)20-22(16(2)3)26-15-23(20,25)18-13-9-6-10-14-18/h5-14,16,20-22,24-25H,1,15H2,2-3H3/t20-,21-,22-,23-/m1/s1. The highest BCUT2D eigenvalue weighted by Gasteiger charge is 2.53. The van der Waals surface area contributed by atoms with Gasteiger partial charge in [-0.3, -0.25) is 0 Å². The van der Waals surface area contributed by atoms with E-state index in [0.717, 1.165) is 11.1 Å². The first kappa shape index (κ1) is 19.0. The lowest BCUT2D eigenvalue weighted by molar-refractivity contribution is -0.0394. The van der Waals surface area contributed by atoms with Gasteiger partial charge in [-0.25, -0.2) is 0 Å². The van der Waals surface area contributed by atoms with Crippen molar-refractivity contribution in [3.63, 3.8) is 0 Å². The van der Waals surface area contributed by atoms with Gasteiger partial charge in [0.25, 0.3) is 0 Å². The molecule has 3 rings (SSSR count). The third-order valence-electron chi connectivity index (χ3n) is 5.24. The lowest BCUT2D eigenvalue weighted by Gasteiger charge is -2.37. The molecular weight excluding hydrogens is 340 g/mol. The Labute approximate surface area is 160 Å². The molecule has 1 heterocycles. The summed E-state index contributed by atoms with van der Waals surface area (Å²) in [6.45, 7) is 8.10. The zero-order valence-corrected chi connectivity index (χ0v) is 16.1. The quantitative estimate of drug-likeness (QED) is 0.766. The zero-order valence-electron chi connectivity index (χ0n) is 15.3. The van der Waals surface area contributed by atoms with E-state index in [-0.39, 0.29) is 11.2 Å². The van der Waals surface area contributed by atoms with Crippen molar-refractivity contribution >= 4 is 17.3 Å². The molecule has 0 bridgehead atoms. The van der Waals surface area contributed by atoms with Crippen molar-refractivity contribution in [3.05, 3.63) is 84.1 Å². The van der Waals surface area contributed by atoms with E-state index in [1.807, 2.05) is 60.7 Å². The summed E-state index contributed by atoms with van der Waals surface area (Å²) in [6, 6.07) is 19.4. The molecule has 1 fully saturated rings. The molecule has 2 N–H and O–H groups in total. The molecule has 4 atom stereocenters. The van der Waals surface area contributed by atoms with Gasteiger partial charge in [0.05, 0.1) is 6.10 Å². The van der Waals surface area contributed by atoms with E-state index in [9.17, 15) is 10.2 Å². The molecule has 136 valence electrons. The zero-order chi connectivity index (χ0) is 18.7. The van der Waals surface area contributed by atoms with E-state index in [1.54, 1.807) is 11.8 Å². The molecule has 2 nitrogen and oxygen atoms in total. The molecule has 1 saturated heterocycles. The molecule has 3 heteroatoms. The summed E-state index contributed by atoms with van der Waals surface area (Å²) in [4.78, 5) is 0. The minimum atomic E-state index is -1.09. The predicted octanol–water partition coefficient (Wildman–Crippen LogP) is 4.49. The van der Waals surface area contributed by atoms with Crippen molar-refractivity contribution in [3.8, 4) is 0 Å². The van der Waals surface area contributed by atoms with Crippen LogP contribution in [0.1, 0.15) is 25.0 Å². The number of benzene rings is 2. The SMILES string of the molecule is C=C=C(c1ccccc1)[C@@H](O)[C@@H]1[C@@H](C(C)C)SC[C@@]1(O)c1ccccc1. The summed E-state index contributed by atoms with van der Waals surface area (Å²) < 4.78 is 0. The fraction of sp³-hybridized carbons (Fsp3) is 0.348. The van der Waals surface area contributed by atoms with Crippen LogP contribution in [-0.4, -0.2) is 27.3 Å². The largest absolute Gasteiger partial charge is 0.387 e. The van der Waals surface area contributed by atoms with Gasteiger partial charge in [-0.2, -0.15) is 11.8 Å². The summed E-state index contributed by atoms with van der Waals surface area (Å²) in [5, 5.41) is 23.2. The van der Waals surface area contributed by atoms with Gasteiger partial charge in [-0.1, -0.05) is 81.1 Å². The maximum Gasteiger partial charge on any atom is 0.105 e. The number of hydrogen-bond donors (Lipinski definition) is 2. The Morgan fingerprint density at radius 2 is 1.69 bits per heavy atom. The Hall–Kier alpha value is -1.77. The van der Waals surface area contributed by atoms with Gasteiger partial charge in [0.2, 0.25) is 0 Å². The van der Waals surface area contributed by atoms with Gasteiger partial charge in [-0.15, -0.1) is 5.73 Å². The average Bonchev–Trinajstić information content (AvgIpc) is 3.03. The van der Waals surface area contributed by atoms with Crippen LogP contribution in [0.5, 0.6) is 0 Å². The normalized spacial score (nSPS) is 26.5. The highest BCUT2D eigenvalue weighted by Crippen LogP contribution is 2.52. The van der Waals surface area contributed by atoms with Crippen LogP contribution < -0.4 is 0 Å². The van der Waals surface area contributed by atoms with Crippen molar-refractivity contribution in [2.75, 3.05) is 5.75 Å². The van der Waals surface area contributed by atoms with Crippen molar-refractivity contribution in [1.82, 2.24) is 0 Å². The van der Waals surface area contributed by atoms with Crippen LogP contribution in [0, 0.1) is 11.8 Å². The Balaban J connectivity index is 2.05. The maximum atomic E-state index is 11.7. The number of thioether (sulfide) groups is 1. The first-order valence-corrected chi connectivity index (χ1v) is 10.1. The second-order valence-corrected chi connectivity index (χ2v) is 8.40. The maximum absolute atomic E-state index is 11.7. The molecule has 1 aliphatic heterocycles. The van der Waals surface area contributed by atoms with Crippen LogP contribution in [-0.2, 0) is 5.60 Å². The average molecular weight is 367 g/mol. The lowest BCUT2D eigenvalue weighted by atomic mass is 9.73. The van der Waals surface area contributed by atoms with Crippen molar-refractivity contribution in [2.24, 2.45) is 11.8 Å². The number of rotatable bonds is 5. The molecule has 0 radical (unpaired) electrons. The molecule has 0 aromatic heterocycles. The highest BCUT2D eigenvalue weighted by molar-refractivity contribution is 8.00. The minimum Gasteiger partial charge on any atom is -0.387 e. The smallest absolute Gasteiger partial charge is 0.105 e. The summed E-state index contributed by atoms with van der Waals surface area (Å²) in [7, 11) is 0. The number of hydrogen-bond acceptors (Lipinski definition) is 3. The second kappa shape index (κ2) is 7.85. The lowest BCUT2D eigenvalue weighted by Crippen LogP contribution is -2.45. The molecule has 1 aliphatic rings. The summed E-state index contributed by atoms with van der Waals surface area (Å²) in [5.74, 6) is 0.569. The molecule has 0 saturated carbocycles. The van der Waals surface area contributed by atoms with Gasteiger partial charge in [0.1, 0.15) is 5.60 Å². The third kappa shape index (κ3) is 3.41. The van der Waals surface area contributed by atoms with Crippen LogP contribution in [0.2, 0.25) is 0 Å². The fourth-order valence-electron chi connectivity index (χ4n) is 3.92. The Morgan fingerprint density at radius 3 is 2.23 bits per heavy atom. The van der Waals surface area contributed by atoms with Gasteiger partial charge in [-0.05, 0) is 17.0 Å². The van der Waals surface area contributed by atoms with Crippen molar-refractivity contribution in [2.45, 2.75) is 30.8 Å². The van der Waals surface area contributed by atoms with Crippen LogP contribution in [0.25, 0.3) is 5.57 Å². The molecule has 26 heavy (non-hydrogen) atoms. The first-order chi connectivity index (χ1) is 12.5. The van der Waals surface area contributed by atoms with Gasteiger partial charge in [0.15, 0.2) is 0 Å².